The van der Waals surface area contributed by atoms with Crippen LogP contribution in [0.25, 0.3) is 10.9 Å². The van der Waals surface area contributed by atoms with Gasteiger partial charge in [0.15, 0.2) is 0 Å². The van der Waals surface area contributed by atoms with Crippen LogP contribution in [-0.4, -0.2) is 56.7 Å². The van der Waals surface area contributed by atoms with Crippen molar-refractivity contribution in [1.82, 2.24) is 24.6 Å². The number of para-hydroxylation sites is 1. The first-order chi connectivity index (χ1) is 14.9. The Labute approximate surface area is 184 Å². The molecule has 0 spiro atoms. The van der Waals surface area contributed by atoms with Gasteiger partial charge in [-0.15, -0.1) is 0 Å². The molecule has 6 nitrogen and oxygen atoms in total. The van der Waals surface area contributed by atoms with E-state index >= 15 is 0 Å². The topological polar surface area (TPSA) is 54.3 Å². The van der Waals surface area contributed by atoms with E-state index in [-0.39, 0.29) is 5.91 Å². The Morgan fingerprint density at radius 2 is 1.81 bits per heavy atom. The average molecular weight is 420 g/mol. The number of nitrogens with zero attached hydrogens (tertiary/aromatic N) is 5. The standard InChI is InChI=1S/C25H33N5O/c1-18(2)16-30-20(4)23(19(3)27-30)15-24(31)29-13-11-28(12-14-29)17-22-8-5-7-21-9-6-10-26-25(21)22/h5-10,18H,11-17H2,1-4H3. The van der Waals surface area contributed by atoms with Gasteiger partial charge in [-0.05, 0) is 31.4 Å². The largest absolute Gasteiger partial charge is 0.340 e. The second-order valence-corrected chi connectivity index (χ2v) is 9.05. The highest BCUT2D eigenvalue weighted by Crippen LogP contribution is 2.20. The molecule has 0 atom stereocenters. The molecule has 3 heterocycles. The minimum absolute atomic E-state index is 0.210. The molecule has 3 aromatic rings. The van der Waals surface area contributed by atoms with Crippen LogP contribution in [0.15, 0.2) is 36.5 Å². The monoisotopic (exact) mass is 419 g/mol. The number of aryl methyl sites for hydroxylation is 1. The second-order valence-electron chi connectivity index (χ2n) is 9.05. The van der Waals surface area contributed by atoms with E-state index < -0.39 is 0 Å². The van der Waals surface area contributed by atoms with Gasteiger partial charge in [0.05, 0.1) is 17.6 Å². The highest BCUT2D eigenvalue weighted by atomic mass is 16.2. The van der Waals surface area contributed by atoms with Crippen molar-refractivity contribution < 1.29 is 4.79 Å². The van der Waals surface area contributed by atoms with Crippen LogP contribution in [0.3, 0.4) is 0 Å². The van der Waals surface area contributed by atoms with Crippen molar-refractivity contribution in [2.45, 2.75) is 47.2 Å². The molecule has 1 aliphatic heterocycles. The molecular weight excluding hydrogens is 386 g/mol. The zero-order chi connectivity index (χ0) is 22.0. The predicted octanol–water partition coefficient (Wildman–Crippen LogP) is 3.59. The quantitative estimate of drug-likeness (QED) is 0.613. The van der Waals surface area contributed by atoms with Crippen LogP contribution in [0.1, 0.15) is 36.4 Å². The zero-order valence-electron chi connectivity index (χ0n) is 19.1. The van der Waals surface area contributed by atoms with Gasteiger partial charge in [-0.1, -0.05) is 38.1 Å². The fourth-order valence-corrected chi connectivity index (χ4v) is 4.47. The lowest BCUT2D eigenvalue weighted by Crippen LogP contribution is -2.48. The van der Waals surface area contributed by atoms with Crippen LogP contribution in [0.5, 0.6) is 0 Å². The molecule has 1 aliphatic rings. The number of pyridine rings is 1. The molecule has 0 unspecified atom stereocenters. The lowest BCUT2D eigenvalue weighted by Gasteiger charge is -2.35. The molecule has 1 saturated heterocycles. The first kappa shape index (κ1) is 21.5. The Balaban J connectivity index is 1.36. The van der Waals surface area contributed by atoms with Crippen molar-refractivity contribution in [3.63, 3.8) is 0 Å². The number of carbonyl (C=O) groups excluding carboxylic acids is 1. The maximum Gasteiger partial charge on any atom is 0.227 e. The Bertz CT molecular complexity index is 1060. The van der Waals surface area contributed by atoms with Crippen LogP contribution < -0.4 is 0 Å². The summed E-state index contributed by atoms with van der Waals surface area (Å²) >= 11 is 0. The molecule has 0 saturated carbocycles. The Kier molecular flexibility index (Phi) is 6.37. The SMILES string of the molecule is Cc1nn(CC(C)C)c(C)c1CC(=O)N1CCN(Cc2cccc3cccnc23)CC1. The fourth-order valence-electron chi connectivity index (χ4n) is 4.47. The molecule has 0 radical (unpaired) electrons. The Morgan fingerprint density at radius 3 is 2.55 bits per heavy atom. The highest BCUT2D eigenvalue weighted by molar-refractivity contribution is 5.81. The summed E-state index contributed by atoms with van der Waals surface area (Å²) in [6.07, 6.45) is 2.30. The van der Waals surface area contributed by atoms with Crippen LogP contribution in [-0.2, 0) is 24.3 Å². The maximum atomic E-state index is 13.0. The number of hydrogen-bond donors (Lipinski definition) is 0. The van der Waals surface area contributed by atoms with Crippen molar-refractivity contribution in [2.24, 2.45) is 5.92 Å². The van der Waals surface area contributed by atoms with Crippen molar-refractivity contribution in [3.05, 3.63) is 59.0 Å². The molecule has 1 aromatic carbocycles. The van der Waals surface area contributed by atoms with E-state index in [9.17, 15) is 4.79 Å². The number of carbonyl (C=O) groups is 1. The molecular formula is C25H33N5O. The number of amides is 1. The number of fused-ring (bicyclic) bond motifs is 1. The number of benzene rings is 1. The summed E-state index contributed by atoms with van der Waals surface area (Å²) in [6, 6.07) is 10.5. The van der Waals surface area contributed by atoms with Crippen molar-refractivity contribution in [3.8, 4) is 0 Å². The van der Waals surface area contributed by atoms with Gasteiger partial charge in [-0.2, -0.15) is 5.10 Å². The summed E-state index contributed by atoms with van der Waals surface area (Å²) in [5.41, 5.74) is 5.53. The summed E-state index contributed by atoms with van der Waals surface area (Å²) in [5, 5.41) is 5.84. The normalized spacial score (nSPS) is 15.2. The van der Waals surface area contributed by atoms with Gasteiger partial charge < -0.3 is 4.90 Å². The lowest BCUT2D eigenvalue weighted by atomic mass is 10.1. The van der Waals surface area contributed by atoms with Crippen molar-refractivity contribution in [1.29, 1.82) is 0 Å². The third kappa shape index (κ3) is 4.79. The van der Waals surface area contributed by atoms with Gasteiger partial charge in [0, 0.05) is 62.1 Å². The molecule has 0 bridgehead atoms. The molecule has 2 aromatic heterocycles. The Hall–Kier alpha value is -2.73. The molecule has 0 N–H and O–H groups in total. The van der Waals surface area contributed by atoms with E-state index in [1.54, 1.807) is 0 Å². The second kappa shape index (κ2) is 9.18. The van der Waals surface area contributed by atoms with Gasteiger partial charge in [-0.3, -0.25) is 19.4 Å². The highest BCUT2D eigenvalue weighted by Gasteiger charge is 2.24. The first-order valence-electron chi connectivity index (χ1n) is 11.3. The van der Waals surface area contributed by atoms with Gasteiger partial charge in [0.25, 0.3) is 0 Å². The number of hydrogen-bond acceptors (Lipinski definition) is 4. The van der Waals surface area contributed by atoms with E-state index in [1.807, 2.05) is 24.1 Å². The van der Waals surface area contributed by atoms with Crippen LogP contribution in [0.2, 0.25) is 0 Å². The first-order valence-corrected chi connectivity index (χ1v) is 11.3. The molecule has 1 fully saturated rings. The van der Waals surface area contributed by atoms with Crippen LogP contribution in [0, 0.1) is 19.8 Å². The number of aromatic nitrogens is 3. The molecule has 6 heteroatoms. The third-order valence-electron chi connectivity index (χ3n) is 6.23. The van der Waals surface area contributed by atoms with E-state index in [4.69, 9.17) is 0 Å². The van der Waals surface area contributed by atoms with Crippen LogP contribution >= 0.6 is 0 Å². The van der Waals surface area contributed by atoms with Crippen LogP contribution in [0.4, 0.5) is 0 Å². The van der Waals surface area contributed by atoms with Gasteiger partial charge in [0.1, 0.15) is 0 Å². The number of rotatable bonds is 6. The summed E-state index contributed by atoms with van der Waals surface area (Å²) in [5.74, 6) is 0.744. The van der Waals surface area contributed by atoms with Gasteiger partial charge >= 0.3 is 0 Å². The molecule has 31 heavy (non-hydrogen) atoms. The Morgan fingerprint density at radius 1 is 1.06 bits per heavy atom. The predicted molar refractivity (Wildman–Crippen MR) is 124 cm³/mol. The minimum atomic E-state index is 0.210. The number of piperazine rings is 1. The maximum absolute atomic E-state index is 13.0. The van der Waals surface area contributed by atoms with Crippen molar-refractivity contribution in [2.75, 3.05) is 26.2 Å². The molecule has 1 amide bonds. The summed E-state index contributed by atoms with van der Waals surface area (Å²) < 4.78 is 2.05. The minimum Gasteiger partial charge on any atom is -0.340 e. The van der Waals surface area contributed by atoms with E-state index in [0.717, 1.165) is 61.7 Å². The summed E-state index contributed by atoms with van der Waals surface area (Å²) in [6.45, 7) is 13.6. The van der Waals surface area contributed by atoms with E-state index in [2.05, 4.69) is 64.7 Å². The zero-order valence-corrected chi connectivity index (χ0v) is 19.1. The average Bonchev–Trinajstić information content (AvgIpc) is 3.01. The molecule has 4 rings (SSSR count). The summed E-state index contributed by atoms with van der Waals surface area (Å²) in [7, 11) is 0. The van der Waals surface area contributed by atoms with E-state index in [1.165, 1.54) is 10.9 Å². The molecule has 164 valence electrons. The lowest BCUT2D eigenvalue weighted by molar-refractivity contribution is -0.132. The summed E-state index contributed by atoms with van der Waals surface area (Å²) in [4.78, 5) is 22.0. The smallest absolute Gasteiger partial charge is 0.227 e. The van der Waals surface area contributed by atoms with Gasteiger partial charge in [0.2, 0.25) is 5.91 Å². The third-order valence-corrected chi connectivity index (χ3v) is 6.23. The van der Waals surface area contributed by atoms with Gasteiger partial charge in [-0.25, -0.2) is 0 Å². The van der Waals surface area contributed by atoms with E-state index in [0.29, 0.717) is 12.3 Å². The molecule has 0 aliphatic carbocycles. The fraction of sp³-hybridized carbons (Fsp3) is 0.480. The van der Waals surface area contributed by atoms with Crippen molar-refractivity contribution >= 4 is 16.8 Å².